The molecule has 0 aliphatic carbocycles. The third-order valence-electron chi connectivity index (χ3n) is 5.53. The van der Waals surface area contributed by atoms with E-state index in [9.17, 15) is 9.59 Å². The molecule has 0 spiro atoms. The Morgan fingerprint density at radius 2 is 1.53 bits per heavy atom. The van der Waals surface area contributed by atoms with E-state index in [4.69, 9.17) is 0 Å². The molecule has 2 amide bonds. The SMILES string of the molecule is CC(C)CCC(=O)N(C)Cc1ccc(-c2ccccc2)cc1C(=O)NCc1ccccc1. The second-order valence-electron chi connectivity index (χ2n) is 8.59. The lowest BCUT2D eigenvalue weighted by Gasteiger charge is -2.20. The first-order valence-corrected chi connectivity index (χ1v) is 11.2. The summed E-state index contributed by atoms with van der Waals surface area (Å²) in [5, 5.41) is 3.03. The standard InChI is InChI=1S/C28H32N2O2/c1-21(2)14-17-27(31)30(3)20-25-16-15-24(23-12-8-5-9-13-23)18-26(25)28(32)29-19-22-10-6-4-7-11-22/h4-13,15-16,18,21H,14,17,19-20H2,1-3H3,(H,29,32). The number of amides is 2. The highest BCUT2D eigenvalue weighted by atomic mass is 16.2. The van der Waals surface area contributed by atoms with Gasteiger partial charge in [-0.15, -0.1) is 0 Å². The molecule has 0 aliphatic heterocycles. The molecular weight excluding hydrogens is 396 g/mol. The summed E-state index contributed by atoms with van der Waals surface area (Å²) in [5.41, 5.74) is 4.52. The lowest BCUT2D eigenvalue weighted by molar-refractivity contribution is -0.130. The summed E-state index contributed by atoms with van der Waals surface area (Å²) >= 11 is 0. The Kier molecular flexibility index (Phi) is 8.20. The third-order valence-corrected chi connectivity index (χ3v) is 5.53. The first-order chi connectivity index (χ1) is 15.4. The number of nitrogens with zero attached hydrogens (tertiary/aromatic N) is 1. The molecular formula is C28H32N2O2. The molecule has 0 saturated heterocycles. The van der Waals surface area contributed by atoms with Gasteiger partial charge in [-0.3, -0.25) is 9.59 Å². The maximum absolute atomic E-state index is 13.2. The van der Waals surface area contributed by atoms with E-state index in [-0.39, 0.29) is 11.8 Å². The largest absolute Gasteiger partial charge is 0.348 e. The van der Waals surface area contributed by atoms with Gasteiger partial charge in [-0.05, 0) is 40.7 Å². The van der Waals surface area contributed by atoms with Crippen LogP contribution in [0.25, 0.3) is 11.1 Å². The van der Waals surface area contributed by atoms with Gasteiger partial charge in [0.15, 0.2) is 0 Å². The van der Waals surface area contributed by atoms with Crippen LogP contribution in [0.1, 0.15) is 48.2 Å². The first-order valence-electron chi connectivity index (χ1n) is 11.2. The van der Waals surface area contributed by atoms with Crippen LogP contribution in [0, 0.1) is 5.92 Å². The van der Waals surface area contributed by atoms with Crippen LogP contribution in [-0.4, -0.2) is 23.8 Å². The fraction of sp³-hybridized carbons (Fsp3) is 0.286. The van der Waals surface area contributed by atoms with Gasteiger partial charge >= 0.3 is 0 Å². The van der Waals surface area contributed by atoms with Crippen LogP contribution in [0.3, 0.4) is 0 Å². The van der Waals surface area contributed by atoms with Crippen molar-refractivity contribution in [2.45, 2.75) is 39.8 Å². The van der Waals surface area contributed by atoms with E-state index in [1.54, 1.807) is 11.9 Å². The molecule has 4 nitrogen and oxygen atoms in total. The number of carbonyl (C=O) groups excluding carboxylic acids is 2. The summed E-state index contributed by atoms with van der Waals surface area (Å²) in [4.78, 5) is 27.4. The lowest BCUT2D eigenvalue weighted by Crippen LogP contribution is -2.29. The minimum atomic E-state index is -0.135. The molecule has 0 saturated carbocycles. The summed E-state index contributed by atoms with van der Waals surface area (Å²) in [6.07, 6.45) is 1.38. The van der Waals surface area contributed by atoms with E-state index in [2.05, 4.69) is 19.2 Å². The second kappa shape index (κ2) is 11.3. The minimum absolute atomic E-state index is 0.0986. The van der Waals surface area contributed by atoms with E-state index >= 15 is 0 Å². The average Bonchev–Trinajstić information content (AvgIpc) is 2.82. The molecule has 0 aromatic heterocycles. The highest BCUT2D eigenvalue weighted by Crippen LogP contribution is 2.24. The van der Waals surface area contributed by atoms with Crippen molar-refractivity contribution in [1.29, 1.82) is 0 Å². The van der Waals surface area contributed by atoms with Crippen LogP contribution in [-0.2, 0) is 17.9 Å². The number of carbonyl (C=O) groups is 2. The fourth-order valence-corrected chi connectivity index (χ4v) is 3.56. The predicted molar refractivity (Wildman–Crippen MR) is 130 cm³/mol. The zero-order valence-corrected chi connectivity index (χ0v) is 19.2. The van der Waals surface area contributed by atoms with Crippen molar-refractivity contribution >= 4 is 11.8 Å². The van der Waals surface area contributed by atoms with E-state index in [1.165, 1.54) is 0 Å². The second-order valence-corrected chi connectivity index (χ2v) is 8.59. The number of rotatable bonds is 9. The predicted octanol–water partition coefficient (Wildman–Crippen LogP) is 5.68. The van der Waals surface area contributed by atoms with E-state index < -0.39 is 0 Å². The number of benzene rings is 3. The Labute approximate surface area is 191 Å². The van der Waals surface area contributed by atoms with Gasteiger partial charge in [0.25, 0.3) is 5.91 Å². The molecule has 1 N–H and O–H groups in total. The van der Waals surface area contributed by atoms with Gasteiger partial charge in [-0.2, -0.15) is 0 Å². The number of hydrogen-bond acceptors (Lipinski definition) is 2. The summed E-state index contributed by atoms with van der Waals surface area (Å²) < 4.78 is 0. The Morgan fingerprint density at radius 3 is 2.19 bits per heavy atom. The Balaban J connectivity index is 1.83. The van der Waals surface area contributed by atoms with Crippen molar-refractivity contribution < 1.29 is 9.59 Å². The van der Waals surface area contributed by atoms with Gasteiger partial charge in [0.1, 0.15) is 0 Å². The Morgan fingerprint density at radius 1 is 0.875 bits per heavy atom. The molecule has 32 heavy (non-hydrogen) atoms. The van der Waals surface area contributed by atoms with Crippen molar-refractivity contribution in [3.05, 3.63) is 95.6 Å². The van der Waals surface area contributed by atoms with Gasteiger partial charge < -0.3 is 10.2 Å². The van der Waals surface area contributed by atoms with E-state index in [1.807, 2.05) is 78.9 Å². The van der Waals surface area contributed by atoms with Crippen LogP contribution >= 0.6 is 0 Å². The van der Waals surface area contributed by atoms with Gasteiger partial charge in [-0.1, -0.05) is 86.6 Å². The Hall–Kier alpha value is -3.40. The summed E-state index contributed by atoms with van der Waals surface area (Å²) in [6, 6.07) is 25.8. The topological polar surface area (TPSA) is 49.4 Å². The van der Waals surface area contributed by atoms with Crippen LogP contribution in [0.2, 0.25) is 0 Å². The maximum atomic E-state index is 13.2. The minimum Gasteiger partial charge on any atom is -0.348 e. The van der Waals surface area contributed by atoms with Gasteiger partial charge in [0.05, 0.1) is 0 Å². The summed E-state index contributed by atoms with van der Waals surface area (Å²) in [6.45, 7) is 5.09. The monoisotopic (exact) mass is 428 g/mol. The molecule has 0 fully saturated rings. The normalized spacial score (nSPS) is 10.8. The molecule has 0 heterocycles. The van der Waals surface area contributed by atoms with Crippen molar-refractivity contribution in [1.82, 2.24) is 10.2 Å². The molecule has 166 valence electrons. The number of hydrogen-bond donors (Lipinski definition) is 1. The Bertz CT molecular complexity index is 1030. The van der Waals surface area contributed by atoms with E-state index in [0.29, 0.717) is 31.0 Å². The van der Waals surface area contributed by atoms with Gasteiger partial charge in [-0.25, -0.2) is 0 Å². The molecule has 0 radical (unpaired) electrons. The van der Waals surface area contributed by atoms with Crippen LogP contribution in [0.5, 0.6) is 0 Å². The molecule has 4 heteroatoms. The molecule has 0 atom stereocenters. The molecule has 3 aromatic carbocycles. The van der Waals surface area contributed by atoms with Gasteiger partial charge in [0, 0.05) is 32.1 Å². The van der Waals surface area contributed by atoms with Crippen LogP contribution in [0.4, 0.5) is 0 Å². The summed E-state index contributed by atoms with van der Waals surface area (Å²) in [7, 11) is 1.80. The zero-order valence-electron chi connectivity index (χ0n) is 19.2. The molecule has 0 unspecified atom stereocenters. The van der Waals surface area contributed by atoms with Crippen molar-refractivity contribution in [3.63, 3.8) is 0 Å². The average molecular weight is 429 g/mol. The highest BCUT2D eigenvalue weighted by molar-refractivity contribution is 5.97. The highest BCUT2D eigenvalue weighted by Gasteiger charge is 2.17. The van der Waals surface area contributed by atoms with E-state index in [0.717, 1.165) is 28.7 Å². The summed E-state index contributed by atoms with van der Waals surface area (Å²) in [5.74, 6) is 0.447. The zero-order chi connectivity index (χ0) is 22.9. The molecule has 3 rings (SSSR count). The molecule has 3 aromatic rings. The molecule has 0 aliphatic rings. The smallest absolute Gasteiger partial charge is 0.251 e. The van der Waals surface area contributed by atoms with Gasteiger partial charge in [0.2, 0.25) is 5.91 Å². The van der Waals surface area contributed by atoms with Crippen molar-refractivity contribution in [2.75, 3.05) is 7.05 Å². The third kappa shape index (κ3) is 6.55. The molecule has 0 bridgehead atoms. The maximum Gasteiger partial charge on any atom is 0.251 e. The fourth-order valence-electron chi connectivity index (χ4n) is 3.56. The number of nitrogens with one attached hydrogen (secondary N) is 1. The van der Waals surface area contributed by atoms with Crippen LogP contribution < -0.4 is 5.32 Å². The quantitative estimate of drug-likeness (QED) is 0.477. The van der Waals surface area contributed by atoms with Crippen molar-refractivity contribution in [2.24, 2.45) is 5.92 Å². The first kappa shape index (κ1) is 23.3. The lowest BCUT2D eigenvalue weighted by atomic mass is 9.98. The van der Waals surface area contributed by atoms with Crippen LogP contribution in [0.15, 0.2) is 78.9 Å². The van der Waals surface area contributed by atoms with Crippen molar-refractivity contribution in [3.8, 4) is 11.1 Å².